The van der Waals surface area contributed by atoms with Gasteiger partial charge in [0, 0.05) is 32.0 Å². The zero-order valence-electron chi connectivity index (χ0n) is 35.1. The lowest BCUT2D eigenvalue weighted by Gasteiger charge is -2.44. The number of alkyl halides is 9. The minimum Gasteiger partial charge on any atom is -0.381 e. The molecule has 3 unspecified atom stereocenters. The van der Waals surface area contributed by atoms with Crippen LogP contribution in [0, 0.1) is 5.92 Å². The number of hydrogen-bond acceptors (Lipinski definition) is 4. The molecule has 0 fully saturated rings. The third-order valence-corrected chi connectivity index (χ3v) is 14.4. The van der Waals surface area contributed by atoms with Gasteiger partial charge in [-0.25, -0.2) is 4.39 Å². The summed E-state index contributed by atoms with van der Waals surface area (Å²) in [7, 11) is -5.58. The zero-order chi connectivity index (χ0) is 41.9. The van der Waals surface area contributed by atoms with Crippen molar-refractivity contribution in [2.45, 2.75) is 242 Å². The van der Waals surface area contributed by atoms with Crippen molar-refractivity contribution < 1.29 is 44.4 Å². The standard InChI is InChI=1S/C41H77Cl3F6O4Si/c1-7-12-14-16-18-20-21-22-24-26-28-33-51-34-32-38(9-3,10-4)53-55(35-39(46,47)48,54-40(49,50)11-5)52-37(6,45)31-30-36(41(42,43)44)29-27-25-23-19-17-15-13-8-2/h36H,7-35H2,1-6H3. The molecule has 0 N–H and O–H groups in total. The SMILES string of the molecule is CCCCCCCCCCCCCOCCC(CC)(CC)O[Si](CC(F)(F)F)(OC(C)(F)CCC(CCCCCCCCCC)C(Cl)(Cl)Cl)OC(F)(F)CC. The van der Waals surface area contributed by atoms with Crippen LogP contribution >= 0.6 is 34.8 Å². The van der Waals surface area contributed by atoms with Crippen LogP contribution in [0.5, 0.6) is 0 Å². The van der Waals surface area contributed by atoms with Crippen molar-refractivity contribution in [3.05, 3.63) is 0 Å². The van der Waals surface area contributed by atoms with Crippen LogP contribution in [0.1, 0.15) is 208 Å². The molecular formula is C41H77Cl3F6O4Si. The first kappa shape index (κ1) is 55.5. The Labute approximate surface area is 347 Å². The van der Waals surface area contributed by atoms with Gasteiger partial charge in [-0.15, -0.1) is 0 Å². The predicted octanol–water partition coefficient (Wildman–Crippen LogP) is 16.8. The van der Waals surface area contributed by atoms with Crippen molar-refractivity contribution in [3.63, 3.8) is 0 Å². The van der Waals surface area contributed by atoms with Crippen LogP contribution in [0.15, 0.2) is 0 Å². The molecule has 0 aliphatic heterocycles. The van der Waals surface area contributed by atoms with Gasteiger partial charge in [-0.2, -0.15) is 22.0 Å². The number of halogens is 9. The highest BCUT2D eigenvalue weighted by Crippen LogP contribution is 2.45. The minimum atomic E-state index is -5.58. The molecule has 0 aliphatic rings. The number of hydrogen-bond donors (Lipinski definition) is 0. The average molecular weight is 882 g/mol. The quantitative estimate of drug-likeness (QED) is 0.0270. The van der Waals surface area contributed by atoms with Crippen molar-refractivity contribution in [3.8, 4) is 0 Å². The summed E-state index contributed by atoms with van der Waals surface area (Å²) in [5.74, 6) is -3.51. The molecule has 3 atom stereocenters. The van der Waals surface area contributed by atoms with E-state index in [-0.39, 0.29) is 32.3 Å². The van der Waals surface area contributed by atoms with Crippen LogP contribution in [0.25, 0.3) is 0 Å². The number of ether oxygens (including phenoxy) is 1. The molecule has 0 rings (SSSR count). The molecule has 0 spiro atoms. The Hall–Kier alpha value is 0.507. The maximum absolute atomic E-state index is 16.4. The first-order chi connectivity index (χ1) is 25.7. The molecule has 0 saturated heterocycles. The molecule has 55 heavy (non-hydrogen) atoms. The second kappa shape index (κ2) is 29.7. The molecule has 0 amide bonds. The van der Waals surface area contributed by atoms with Crippen molar-refractivity contribution in [2.24, 2.45) is 5.92 Å². The third kappa shape index (κ3) is 28.6. The van der Waals surface area contributed by atoms with Crippen molar-refractivity contribution in [2.75, 3.05) is 13.2 Å². The van der Waals surface area contributed by atoms with E-state index in [1.165, 1.54) is 64.2 Å². The molecule has 0 aromatic carbocycles. The Morgan fingerprint density at radius 2 is 0.964 bits per heavy atom. The van der Waals surface area contributed by atoms with Gasteiger partial charge in [-0.3, -0.25) is 0 Å². The van der Waals surface area contributed by atoms with Gasteiger partial charge in [0.1, 0.15) is 6.04 Å². The third-order valence-electron chi connectivity index (χ3n) is 10.6. The molecule has 0 bridgehead atoms. The second-order valence-corrected chi connectivity index (χ2v) is 20.4. The van der Waals surface area contributed by atoms with Gasteiger partial charge in [-0.1, -0.05) is 185 Å². The van der Waals surface area contributed by atoms with Crippen LogP contribution < -0.4 is 0 Å². The highest BCUT2D eigenvalue weighted by molar-refractivity contribution is 6.67. The Kier molecular flexibility index (Phi) is 30.0. The van der Waals surface area contributed by atoms with E-state index >= 15 is 13.2 Å². The highest BCUT2D eigenvalue weighted by Gasteiger charge is 2.62. The van der Waals surface area contributed by atoms with Crippen molar-refractivity contribution >= 4 is 43.6 Å². The molecule has 0 saturated carbocycles. The largest absolute Gasteiger partial charge is 0.517 e. The summed E-state index contributed by atoms with van der Waals surface area (Å²) >= 11 is 18.8. The van der Waals surface area contributed by atoms with E-state index in [1.54, 1.807) is 13.8 Å². The fourth-order valence-electron chi connectivity index (χ4n) is 6.88. The van der Waals surface area contributed by atoms with E-state index in [4.69, 9.17) is 52.8 Å². The zero-order valence-corrected chi connectivity index (χ0v) is 38.4. The maximum atomic E-state index is 16.4. The summed E-state index contributed by atoms with van der Waals surface area (Å²) in [4.78, 5) is 0. The Morgan fingerprint density at radius 1 is 0.509 bits per heavy atom. The lowest BCUT2D eigenvalue weighted by Crippen LogP contribution is -2.60. The van der Waals surface area contributed by atoms with Gasteiger partial charge in [0.15, 0.2) is 3.79 Å². The first-order valence-electron chi connectivity index (χ1n) is 21.6. The van der Waals surface area contributed by atoms with Crippen LogP contribution in [0.2, 0.25) is 6.04 Å². The summed E-state index contributed by atoms with van der Waals surface area (Å²) in [5.41, 5.74) is -1.40. The van der Waals surface area contributed by atoms with E-state index in [1.807, 2.05) is 0 Å². The normalized spacial score (nSPS) is 16.0. The molecule has 0 radical (unpaired) electrons. The second-order valence-electron chi connectivity index (χ2n) is 15.7. The fourth-order valence-corrected chi connectivity index (χ4v) is 10.8. The van der Waals surface area contributed by atoms with E-state index in [2.05, 4.69) is 13.8 Å². The first-order valence-corrected chi connectivity index (χ1v) is 24.7. The van der Waals surface area contributed by atoms with Gasteiger partial charge in [0.25, 0.3) is 0 Å². The molecule has 0 aliphatic carbocycles. The topological polar surface area (TPSA) is 36.9 Å². The highest BCUT2D eigenvalue weighted by atomic mass is 35.6. The van der Waals surface area contributed by atoms with E-state index in [0.29, 0.717) is 13.0 Å². The number of unbranched alkanes of at least 4 members (excludes halogenated alkanes) is 17. The lowest BCUT2D eigenvalue weighted by atomic mass is 9.94. The van der Waals surface area contributed by atoms with E-state index < -0.39 is 61.1 Å². The molecule has 332 valence electrons. The lowest BCUT2D eigenvalue weighted by molar-refractivity contribution is -0.243. The summed E-state index contributed by atoms with van der Waals surface area (Å²) in [6.45, 7) is 10.3. The Bertz CT molecular complexity index is 926. The summed E-state index contributed by atoms with van der Waals surface area (Å²) < 4.78 is 110. The molecule has 14 heteroatoms. The van der Waals surface area contributed by atoms with Crippen molar-refractivity contribution in [1.29, 1.82) is 0 Å². The predicted molar refractivity (Wildman–Crippen MR) is 220 cm³/mol. The van der Waals surface area contributed by atoms with Gasteiger partial charge in [-0.05, 0) is 45.4 Å². The Balaban J connectivity index is 5.69. The summed E-state index contributed by atoms with van der Waals surface area (Å²) in [5, 5.41) is 0. The van der Waals surface area contributed by atoms with Crippen molar-refractivity contribution in [1.82, 2.24) is 0 Å². The summed E-state index contributed by atoms with van der Waals surface area (Å²) in [6, 6.07) is -2.00. The van der Waals surface area contributed by atoms with E-state index in [0.717, 1.165) is 71.6 Å². The van der Waals surface area contributed by atoms with Gasteiger partial charge in [0.2, 0.25) is 5.85 Å². The molecule has 0 aromatic heterocycles. The molecule has 0 aromatic rings. The monoisotopic (exact) mass is 880 g/mol. The molecular weight excluding hydrogens is 805 g/mol. The van der Waals surface area contributed by atoms with Gasteiger partial charge in [0.05, 0.1) is 5.60 Å². The van der Waals surface area contributed by atoms with E-state index in [9.17, 15) is 13.2 Å². The molecule has 0 heterocycles. The smallest absolute Gasteiger partial charge is 0.381 e. The van der Waals surface area contributed by atoms with Gasteiger partial charge >= 0.3 is 21.1 Å². The van der Waals surface area contributed by atoms with Crippen LogP contribution in [-0.4, -0.2) is 49.6 Å². The minimum absolute atomic E-state index is 0.0692. The van der Waals surface area contributed by atoms with Crippen LogP contribution in [0.4, 0.5) is 26.3 Å². The van der Waals surface area contributed by atoms with Crippen LogP contribution in [0.3, 0.4) is 0 Å². The van der Waals surface area contributed by atoms with Gasteiger partial charge < -0.3 is 18.0 Å². The molecule has 4 nitrogen and oxygen atoms in total. The maximum Gasteiger partial charge on any atom is 0.517 e. The van der Waals surface area contributed by atoms with Crippen LogP contribution in [-0.2, 0) is 18.0 Å². The Morgan fingerprint density at radius 3 is 1.38 bits per heavy atom. The summed E-state index contributed by atoms with van der Waals surface area (Å²) in [6.07, 6.45) is 11.5. The fraction of sp³-hybridized carbons (Fsp3) is 1.00. The average Bonchev–Trinajstić information content (AvgIpc) is 3.08. The number of rotatable bonds is 37.